The van der Waals surface area contributed by atoms with Gasteiger partial charge in [0.1, 0.15) is 0 Å². The van der Waals surface area contributed by atoms with Crippen molar-refractivity contribution in [3.8, 4) is 0 Å². The van der Waals surface area contributed by atoms with E-state index in [1.54, 1.807) is 11.3 Å². The fourth-order valence-corrected chi connectivity index (χ4v) is 3.89. The molecule has 1 amide bonds. The maximum Gasteiger partial charge on any atom is 0.227 e. The summed E-state index contributed by atoms with van der Waals surface area (Å²) in [4.78, 5) is 16.9. The molecule has 3 heterocycles. The van der Waals surface area contributed by atoms with Crippen molar-refractivity contribution in [1.29, 1.82) is 0 Å². The van der Waals surface area contributed by atoms with Crippen LogP contribution in [0.4, 0.5) is 0 Å². The SMILES string of the molecule is Cc1ccc(CC(=O)N2CCC3CCC(C2)N3)s1. The zero-order valence-corrected chi connectivity index (χ0v) is 11.6. The molecule has 0 aliphatic carbocycles. The molecule has 18 heavy (non-hydrogen) atoms. The lowest BCUT2D eigenvalue weighted by atomic mass is 10.1. The molecular formula is C14H20N2OS. The Balaban J connectivity index is 1.62. The fourth-order valence-electron chi connectivity index (χ4n) is 3.01. The predicted molar refractivity (Wildman–Crippen MR) is 73.9 cm³/mol. The maximum atomic E-state index is 12.3. The van der Waals surface area contributed by atoms with Crippen LogP contribution >= 0.6 is 11.3 Å². The third-order valence-corrected chi connectivity index (χ3v) is 5.00. The Hall–Kier alpha value is -0.870. The minimum atomic E-state index is 0.297. The van der Waals surface area contributed by atoms with Crippen LogP contribution in [0, 0.1) is 6.92 Å². The molecule has 2 aliphatic rings. The van der Waals surface area contributed by atoms with Gasteiger partial charge in [0.05, 0.1) is 6.42 Å². The minimum absolute atomic E-state index is 0.297. The molecule has 2 saturated heterocycles. The zero-order chi connectivity index (χ0) is 12.5. The van der Waals surface area contributed by atoms with Crippen molar-refractivity contribution in [3.05, 3.63) is 21.9 Å². The van der Waals surface area contributed by atoms with Crippen LogP contribution in [0.3, 0.4) is 0 Å². The minimum Gasteiger partial charge on any atom is -0.341 e. The van der Waals surface area contributed by atoms with Crippen molar-refractivity contribution < 1.29 is 4.79 Å². The van der Waals surface area contributed by atoms with Gasteiger partial charge < -0.3 is 10.2 Å². The lowest BCUT2D eigenvalue weighted by Crippen LogP contribution is -2.39. The van der Waals surface area contributed by atoms with Crippen LogP contribution in [0.5, 0.6) is 0 Å². The second-order valence-corrected chi connectivity index (χ2v) is 6.83. The van der Waals surface area contributed by atoms with E-state index >= 15 is 0 Å². The van der Waals surface area contributed by atoms with Crippen LogP contribution in [0.25, 0.3) is 0 Å². The number of amides is 1. The molecule has 2 unspecified atom stereocenters. The van der Waals surface area contributed by atoms with Gasteiger partial charge in [-0.3, -0.25) is 4.79 Å². The van der Waals surface area contributed by atoms with Crippen molar-refractivity contribution in [2.75, 3.05) is 13.1 Å². The molecule has 2 atom stereocenters. The van der Waals surface area contributed by atoms with Gasteiger partial charge in [-0.25, -0.2) is 0 Å². The number of nitrogens with zero attached hydrogens (tertiary/aromatic N) is 1. The van der Waals surface area contributed by atoms with Crippen LogP contribution in [0.1, 0.15) is 29.0 Å². The van der Waals surface area contributed by atoms with E-state index in [2.05, 4.69) is 29.3 Å². The summed E-state index contributed by atoms with van der Waals surface area (Å²) in [6.45, 7) is 3.92. The topological polar surface area (TPSA) is 32.3 Å². The standard InChI is InChI=1S/C14H20N2OS/c1-10-2-5-13(18-10)8-14(17)16-7-6-11-3-4-12(9-16)15-11/h2,5,11-12,15H,3-4,6-9H2,1H3. The summed E-state index contributed by atoms with van der Waals surface area (Å²) in [5.41, 5.74) is 0. The molecule has 3 nitrogen and oxygen atoms in total. The number of carbonyl (C=O) groups is 1. The number of likely N-dealkylation sites (tertiary alicyclic amines) is 1. The van der Waals surface area contributed by atoms with Crippen LogP contribution in [0.15, 0.2) is 12.1 Å². The van der Waals surface area contributed by atoms with E-state index in [4.69, 9.17) is 0 Å². The van der Waals surface area contributed by atoms with Gasteiger partial charge in [-0.15, -0.1) is 11.3 Å². The molecular weight excluding hydrogens is 244 g/mol. The van der Waals surface area contributed by atoms with Crippen LogP contribution in [-0.2, 0) is 11.2 Å². The van der Waals surface area contributed by atoms with E-state index < -0.39 is 0 Å². The fraction of sp³-hybridized carbons (Fsp3) is 0.643. The Bertz CT molecular complexity index is 443. The van der Waals surface area contributed by atoms with E-state index in [1.165, 1.54) is 22.6 Å². The summed E-state index contributed by atoms with van der Waals surface area (Å²) in [7, 11) is 0. The van der Waals surface area contributed by atoms with E-state index in [-0.39, 0.29) is 0 Å². The van der Waals surface area contributed by atoms with Gasteiger partial charge in [0.15, 0.2) is 0 Å². The molecule has 1 aromatic heterocycles. The van der Waals surface area contributed by atoms with Crippen molar-refractivity contribution in [2.24, 2.45) is 0 Å². The van der Waals surface area contributed by atoms with E-state index in [1.807, 2.05) is 0 Å². The van der Waals surface area contributed by atoms with Crippen molar-refractivity contribution in [1.82, 2.24) is 10.2 Å². The summed E-state index contributed by atoms with van der Waals surface area (Å²) < 4.78 is 0. The quantitative estimate of drug-likeness (QED) is 0.885. The number of hydrogen-bond donors (Lipinski definition) is 1. The third-order valence-electron chi connectivity index (χ3n) is 4.00. The molecule has 0 spiro atoms. The summed E-state index contributed by atoms with van der Waals surface area (Å²) in [6, 6.07) is 5.36. The highest BCUT2D eigenvalue weighted by Gasteiger charge is 2.30. The Morgan fingerprint density at radius 1 is 1.39 bits per heavy atom. The Labute approximate surface area is 112 Å². The average molecular weight is 264 g/mol. The largest absolute Gasteiger partial charge is 0.341 e. The number of nitrogens with one attached hydrogen (secondary N) is 1. The number of carbonyl (C=O) groups excluding carboxylic acids is 1. The lowest BCUT2D eigenvalue weighted by Gasteiger charge is -2.24. The van der Waals surface area contributed by atoms with Gasteiger partial charge in [-0.05, 0) is 38.3 Å². The molecule has 0 radical (unpaired) electrons. The molecule has 1 N–H and O–H groups in total. The summed E-state index contributed by atoms with van der Waals surface area (Å²) in [6.07, 6.45) is 4.21. The van der Waals surface area contributed by atoms with Gasteiger partial charge in [-0.1, -0.05) is 0 Å². The second-order valence-electron chi connectivity index (χ2n) is 5.46. The molecule has 2 aliphatic heterocycles. The summed E-state index contributed by atoms with van der Waals surface area (Å²) in [5.74, 6) is 0.297. The first-order chi connectivity index (χ1) is 8.70. The van der Waals surface area contributed by atoms with Gasteiger partial charge in [0.25, 0.3) is 0 Å². The molecule has 2 fully saturated rings. The Kier molecular flexibility index (Phi) is 3.39. The first-order valence-corrected chi connectivity index (χ1v) is 7.61. The van der Waals surface area contributed by atoms with E-state index in [9.17, 15) is 4.79 Å². The average Bonchev–Trinajstić information content (AvgIpc) is 2.85. The number of thiophene rings is 1. The first-order valence-electron chi connectivity index (χ1n) is 6.80. The predicted octanol–water partition coefficient (Wildman–Crippen LogP) is 1.95. The molecule has 3 rings (SSSR count). The van der Waals surface area contributed by atoms with Gasteiger partial charge in [0, 0.05) is 34.9 Å². The Morgan fingerprint density at radius 2 is 2.22 bits per heavy atom. The molecule has 0 aromatic carbocycles. The van der Waals surface area contributed by atoms with Crippen LogP contribution in [0.2, 0.25) is 0 Å². The number of hydrogen-bond acceptors (Lipinski definition) is 3. The highest BCUT2D eigenvalue weighted by atomic mass is 32.1. The number of aryl methyl sites for hydroxylation is 1. The van der Waals surface area contributed by atoms with E-state index in [0.29, 0.717) is 24.4 Å². The van der Waals surface area contributed by atoms with Crippen LogP contribution < -0.4 is 5.32 Å². The first kappa shape index (κ1) is 12.2. The van der Waals surface area contributed by atoms with E-state index in [0.717, 1.165) is 19.5 Å². The second kappa shape index (κ2) is 5.02. The number of rotatable bonds is 2. The van der Waals surface area contributed by atoms with Gasteiger partial charge in [0.2, 0.25) is 5.91 Å². The summed E-state index contributed by atoms with van der Waals surface area (Å²) >= 11 is 1.74. The maximum absolute atomic E-state index is 12.3. The molecule has 0 saturated carbocycles. The molecule has 1 aromatic rings. The van der Waals surface area contributed by atoms with Gasteiger partial charge in [-0.2, -0.15) is 0 Å². The highest BCUT2D eigenvalue weighted by Crippen LogP contribution is 2.22. The lowest BCUT2D eigenvalue weighted by molar-refractivity contribution is -0.130. The number of fused-ring (bicyclic) bond motifs is 2. The summed E-state index contributed by atoms with van der Waals surface area (Å²) in [5, 5.41) is 3.61. The molecule has 2 bridgehead atoms. The van der Waals surface area contributed by atoms with Gasteiger partial charge >= 0.3 is 0 Å². The third kappa shape index (κ3) is 2.59. The normalized spacial score (nSPS) is 27.3. The van der Waals surface area contributed by atoms with Crippen molar-refractivity contribution in [2.45, 2.75) is 44.7 Å². The smallest absolute Gasteiger partial charge is 0.227 e. The van der Waals surface area contributed by atoms with Crippen molar-refractivity contribution >= 4 is 17.2 Å². The Morgan fingerprint density at radius 3 is 3.00 bits per heavy atom. The zero-order valence-electron chi connectivity index (χ0n) is 10.8. The molecule has 98 valence electrons. The highest BCUT2D eigenvalue weighted by molar-refractivity contribution is 7.12. The van der Waals surface area contributed by atoms with Crippen LogP contribution in [-0.4, -0.2) is 36.0 Å². The molecule has 4 heteroatoms. The van der Waals surface area contributed by atoms with Crippen molar-refractivity contribution in [3.63, 3.8) is 0 Å². The monoisotopic (exact) mass is 264 g/mol.